The lowest BCUT2D eigenvalue weighted by molar-refractivity contribution is -0.147. The molecule has 0 radical (unpaired) electrons. The fourth-order valence-electron chi connectivity index (χ4n) is 3.55. The third-order valence-corrected chi connectivity index (χ3v) is 5.26. The van der Waals surface area contributed by atoms with Crippen molar-refractivity contribution < 1.29 is 24.2 Å². The molecule has 0 saturated heterocycles. The zero-order valence-electron chi connectivity index (χ0n) is 15.5. The second kappa shape index (κ2) is 8.02. The number of benzene rings is 2. The van der Waals surface area contributed by atoms with E-state index in [0.29, 0.717) is 12.5 Å². The number of hydrogen-bond acceptors (Lipinski definition) is 5. The normalized spacial score (nSPS) is 16.0. The lowest BCUT2D eigenvalue weighted by Gasteiger charge is -2.17. The van der Waals surface area contributed by atoms with Gasteiger partial charge in [0.15, 0.2) is 6.04 Å². The predicted molar refractivity (Wildman–Crippen MR) is 103 cm³/mol. The number of alkyl carbamates (subject to hydrolysis) is 1. The van der Waals surface area contributed by atoms with E-state index in [-0.39, 0.29) is 12.5 Å². The molecule has 0 aliphatic heterocycles. The smallest absolute Gasteiger partial charge is 0.407 e. The number of esters is 1. The maximum atomic E-state index is 12.2. The van der Waals surface area contributed by atoms with Gasteiger partial charge in [-0.25, -0.2) is 9.59 Å². The van der Waals surface area contributed by atoms with E-state index in [4.69, 9.17) is 9.47 Å². The molecule has 4 rings (SSSR count). The number of fused-ring (bicyclic) bond motifs is 3. The van der Waals surface area contributed by atoms with Crippen LogP contribution in [-0.4, -0.2) is 43.0 Å². The molecule has 0 spiro atoms. The lowest BCUT2D eigenvalue weighted by Crippen LogP contribution is -2.45. The molecule has 0 bridgehead atoms. The molecule has 0 unspecified atom stereocenters. The molecule has 6 heteroatoms. The average molecular weight is 381 g/mol. The molecule has 146 valence electrons. The van der Waals surface area contributed by atoms with E-state index in [1.165, 1.54) is 0 Å². The SMILES string of the molecule is O=C(N[C@@H](CO)C(=O)OCC1CC1)OCC1c2ccccc2-c2ccccc21. The second-order valence-electron chi connectivity index (χ2n) is 7.28. The summed E-state index contributed by atoms with van der Waals surface area (Å²) in [6, 6.07) is 15.0. The van der Waals surface area contributed by atoms with Crippen molar-refractivity contribution in [2.75, 3.05) is 19.8 Å². The van der Waals surface area contributed by atoms with Crippen LogP contribution in [0, 0.1) is 5.92 Å². The van der Waals surface area contributed by atoms with Crippen LogP contribution in [0.15, 0.2) is 48.5 Å². The number of nitrogens with one attached hydrogen (secondary N) is 1. The van der Waals surface area contributed by atoms with Crippen molar-refractivity contribution in [3.63, 3.8) is 0 Å². The first-order chi connectivity index (χ1) is 13.7. The Balaban J connectivity index is 1.37. The average Bonchev–Trinajstić information content (AvgIpc) is 3.50. The van der Waals surface area contributed by atoms with E-state index < -0.39 is 24.7 Å². The molecular weight excluding hydrogens is 358 g/mol. The Kier molecular flexibility index (Phi) is 5.30. The van der Waals surface area contributed by atoms with E-state index in [1.54, 1.807) is 0 Å². The van der Waals surface area contributed by atoms with Crippen molar-refractivity contribution >= 4 is 12.1 Å². The van der Waals surface area contributed by atoms with Crippen LogP contribution in [0.5, 0.6) is 0 Å². The second-order valence-corrected chi connectivity index (χ2v) is 7.28. The van der Waals surface area contributed by atoms with Crippen molar-refractivity contribution in [3.05, 3.63) is 59.7 Å². The molecule has 2 N–H and O–H groups in total. The first-order valence-electron chi connectivity index (χ1n) is 9.56. The molecule has 28 heavy (non-hydrogen) atoms. The van der Waals surface area contributed by atoms with E-state index in [1.807, 2.05) is 36.4 Å². The number of aliphatic hydroxyl groups is 1. The Morgan fingerprint density at radius 1 is 0.964 bits per heavy atom. The van der Waals surface area contributed by atoms with E-state index in [0.717, 1.165) is 35.1 Å². The summed E-state index contributed by atoms with van der Waals surface area (Å²) in [6.07, 6.45) is 1.36. The minimum atomic E-state index is -1.12. The number of rotatable bonds is 7. The van der Waals surface area contributed by atoms with Crippen LogP contribution < -0.4 is 5.32 Å². The summed E-state index contributed by atoms with van der Waals surface area (Å²) in [7, 11) is 0. The van der Waals surface area contributed by atoms with E-state index in [2.05, 4.69) is 17.4 Å². The monoisotopic (exact) mass is 381 g/mol. The number of carbonyl (C=O) groups excluding carboxylic acids is 2. The van der Waals surface area contributed by atoms with Gasteiger partial charge in [0.1, 0.15) is 6.61 Å². The molecule has 1 saturated carbocycles. The highest BCUT2D eigenvalue weighted by Crippen LogP contribution is 2.44. The molecule has 0 aromatic heterocycles. The van der Waals surface area contributed by atoms with Crippen LogP contribution in [-0.2, 0) is 14.3 Å². The molecule has 6 nitrogen and oxygen atoms in total. The number of aliphatic hydroxyl groups excluding tert-OH is 1. The topological polar surface area (TPSA) is 84.9 Å². The summed E-state index contributed by atoms with van der Waals surface area (Å²) in [5.74, 6) is -0.284. The van der Waals surface area contributed by atoms with Crippen molar-refractivity contribution in [1.29, 1.82) is 0 Å². The molecule has 0 heterocycles. The van der Waals surface area contributed by atoms with Crippen molar-refractivity contribution in [2.24, 2.45) is 5.92 Å². The Morgan fingerprint density at radius 3 is 2.14 bits per heavy atom. The molecule has 2 aliphatic rings. The Hall–Kier alpha value is -2.86. The Bertz CT molecular complexity index is 831. The first-order valence-corrected chi connectivity index (χ1v) is 9.56. The molecule has 1 atom stereocenters. The molecule has 2 aliphatic carbocycles. The third kappa shape index (κ3) is 3.87. The molecule has 2 aromatic carbocycles. The Morgan fingerprint density at radius 2 is 1.57 bits per heavy atom. The van der Waals surface area contributed by atoms with Crippen LogP contribution in [0.4, 0.5) is 4.79 Å². The molecule has 1 amide bonds. The van der Waals surface area contributed by atoms with Gasteiger partial charge in [0, 0.05) is 5.92 Å². The van der Waals surface area contributed by atoms with Crippen molar-refractivity contribution in [2.45, 2.75) is 24.8 Å². The standard InChI is InChI=1S/C22H23NO5/c24-11-20(21(25)27-12-14-9-10-14)23-22(26)28-13-19-17-7-3-1-5-15(17)16-6-2-4-8-18(16)19/h1-8,14,19-20,24H,9-13H2,(H,23,26)/t20-/m0/s1. The van der Waals surface area contributed by atoms with Gasteiger partial charge < -0.3 is 19.9 Å². The van der Waals surface area contributed by atoms with Gasteiger partial charge in [-0.3, -0.25) is 0 Å². The van der Waals surface area contributed by atoms with Gasteiger partial charge >= 0.3 is 12.1 Å². The van der Waals surface area contributed by atoms with Crippen LogP contribution in [0.3, 0.4) is 0 Å². The maximum Gasteiger partial charge on any atom is 0.407 e. The van der Waals surface area contributed by atoms with Crippen LogP contribution in [0.2, 0.25) is 0 Å². The number of hydrogen-bond donors (Lipinski definition) is 2. The highest BCUT2D eigenvalue weighted by molar-refractivity contribution is 5.82. The van der Waals surface area contributed by atoms with Crippen LogP contribution >= 0.6 is 0 Å². The number of carbonyl (C=O) groups is 2. The van der Waals surface area contributed by atoms with Crippen LogP contribution in [0.1, 0.15) is 29.9 Å². The van der Waals surface area contributed by atoms with Gasteiger partial charge in [0.25, 0.3) is 0 Å². The molecule has 2 aromatic rings. The molecule has 1 fully saturated rings. The Labute approximate surface area is 163 Å². The molecular formula is C22H23NO5. The summed E-state index contributed by atoms with van der Waals surface area (Å²) >= 11 is 0. The summed E-state index contributed by atoms with van der Waals surface area (Å²) in [5, 5.41) is 11.8. The first kappa shape index (κ1) is 18.5. The van der Waals surface area contributed by atoms with Gasteiger partial charge in [-0.2, -0.15) is 0 Å². The van der Waals surface area contributed by atoms with Crippen molar-refractivity contribution in [1.82, 2.24) is 5.32 Å². The van der Waals surface area contributed by atoms with E-state index >= 15 is 0 Å². The van der Waals surface area contributed by atoms with Crippen molar-refractivity contribution in [3.8, 4) is 11.1 Å². The summed E-state index contributed by atoms with van der Waals surface area (Å²) in [4.78, 5) is 24.2. The summed E-state index contributed by atoms with van der Waals surface area (Å²) < 4.78 is 10.5. The number of ether oxygens (including phenoxy) is 2. The van der Waals surface area contributed by atoms with Gasteiger partial charge in [-0.05, 0) is 41.0 Å². The minimum Gasteiger partial charge on any atom is -0.464 e. The lowest BCUT2D eigenvalue weighted by atomic mass is 9.98. The fraction of sp³-hybridized carbons (Fsp3) is 0.364. The van der Waals surface area contributed by atoms with Gasteiger partial charge in [-0.1, -0.05) is 48.5 Å². The summed E-state index contributed by atoms with van der Waals surface area (Å²) in [6.45, 7) is -0.0511. The fourth-order valence-corrected chi connectivity index (χ4v) is 3.55. The van der Waals surface area contributed by atoms with Crippen LogP contribution in [0.25, 0.3) is 11.1 Å². The van der Waals surface area contributed by atoms with E-state index in [9.17, 15) is 14.7 Å². The van der Waals surface area contributed by atoms with Gasteiger partial charge in [0.05, 0.1) is 13.2 Å². The predicted octanol–water partition coefficient (Wildman–Crippen LogP) is 2.84. The minimum absolute atomic E-state index is 0.0625. The number of amides is 1. The van der Waals surface area contributed by atoms with Gasteiger partial charge in [0.2, 0.25) is 0 Å². The highest BCUT2D eigenvalue weighted by atomic mass is 16.6. The largest absolute Gasteiger partial charge is 0.464 e. The third-order valence-electron chi connectivity index (χ3n) is 5.26. The summed E-state index contributed by atoms with van der Waals surface area (Å²) in [5.41, 5.74) is 4.51. The zero-order valence-corrected chi connectivity index (χ0v) is 15.5. The quantitative estimate of drug-likeness (QED) is 0.721. The van der Waals surface area contributed by atoms with Gasteiger partial charge in [-0.15, -0.1) is 0 Å². The zero-order chi connectivity index (χ0) is 19.5. The highest BCUT2D eigenvalue weighted by Gasteiger charge is 2.30. The maximum absolute atomic E-state index is 12.2.